The van der Waals surface area contributed by atoms with Crippen molar-refractivity contribution in [3.05, 3.63) is 48.9 Å². The zero-order valence-electron chi connectivity index (χ0n) is 8.04. The van der Waals surface area contributed by atoms with Crippen molar-refractivity contribution < 1.29 is 0 Å². The van der Waals surface area contributed by atoms with Crippen molar-refractivity contribution in [1.82, 2.24) is 9.55 Å². The maximum Gasteiger partial charge on any atom is 0.0994 e. The molecule has 0 bridgehead atoms. The molecule has 0 fully saturated rings. The van der Waals surface area contributed by atoms with Crippen molar-refractivity contribution in [3.63, 3.8) is 0 Å². The Bertz CT molecular complexity index is 503. The number of imidazole rings is 1. The Morgan fingerprint density at radius 3 is 2.80 bits per heavy atom. The third-order valence-corrected chi connectivity index (χ3v) is 1.99. The highest BCUT2D eigenvalue weighted by Gasteiger charge is 1.98. The number of benzene rings is 1. The first kappa shape index (κ1) is 9.22. The first-order valence-electron chi connectivity index (χ1n) is 4.55. The minimum Gasteiger partial charge on any atom is -0.312 e. The summed E-state index contributed by atoms with van der Waals surface area (Å²) >= 11 is 0. The molecule has 0 saturated heterocycles. The van der Waals surface area contributed by atoms with Crippen molar-refractivity contribution >= 4 is 6.20 Å². The summed E-state index contributed by atoms with van der Waals surface area (Å²) in [6.45, 7) is 0. The van der Waals surface area contributed by atoms with Gasteiger partial charge in [-0.2, -0.15) is 5.26 Å². The molecule has 0 unspecified atom stereocenters. The zero-order chi connectivity index (χ0) is 10.5. The van der Waals surface area contributed by atoms with Crippen LogP contribution in [0.15, 0.2) is 48.9 Å². The van der Waals surface area contributed by atoms with E-state index in [1.165, 1.54) is 6.08 Å². The molecule has 0 saturated carbocycles. The van der Waals surface area contributed by atoms with Crippen LogP contribution in [0, 0.1) is 11.3 Å². The lowest BCUT2D eigenvalue weighted by Gasteiger charge is -1.93. The van der Waals surface area contributed by atoms with Crippen LogP contribution in [-0.2, 0) is 0 Å². The monoisotopic (exact) mass is 195 g/mol. The van der Waals surface area contributed by atoms with E-state index in [0.717, 1.165) is 11.3 Å². The van der Waals surface area contributed by atoms with Crippen LogP contribution in [0.2, 0.25) is 0 Å². The normalized spacial score (nSPS) is 10.3. The van der Waals surface area contributed by atoms with Crippen LogP contribution in [0.5, 0.6) is 0 Å². The third kappa shape index (κ3) is 2.12. The van der Waals surface area contributed by atoms with E-state index in [9.17, 15) is 0 Å². The standard InChI is InChI=1S/C12H9N3/c13-7-4-8-15-9-12(14-10-15)11-5-2-1-3-6-11/h1-6,8-10H/b8-4+. The summed E-state index contributed by atoms with van der Waals surface area (Å²) in [5.74, 6) is 0. The molecule has 0 radical (unpaired) electrons. The van der Waals surface area contributed by atoms with Crippen molar-refractivity contribution in [1.29, 1.82) is 5.26 Å². The lowest BCUT2D eigenvalue weighted by Crippen LogP contribution is -1.77. The lowest BCUT2D eigenvalue weighted by molar-refractivity contribution is 1.14. The molecule has 0 aliphatic carbocycles. The van der Waals surface area contributed by atoms with Crippen molar-refractivity contribution in [3.8, 4) is 17.3 Å². The van der Waals surface area contributed by atoms with Crippen LogP contribution in [0.3, 0.4) is 0 Å². The predicted octanol–water partition coefficient (Wildman–Crippen LogP) is 2.54. The van der Waals surface area contributed by atoms with Crippen LogP contribution >= 0.6 is 0 Å². The van der Waals surface area contributed by atoms with E-state index >= 15 is 0 Å². The number of nitrogens with zero attached hydrogens (tertiary/aromatic N) is 3. The fourth-order valence-corrected chi connectivity index (χ4v) is 1.30. The van der Waals surface area contributed by atoms with Gasteiger partial charge in [0.15, 0.2) is 0 Å². The molecule has 0 atom stereocenters. The molecule has 0 N–H and O–H groups in total. The Kier molecular flexibility index (Phi) is 2.61. The van der Waals surface area contributed by atoms with Gasteiger partial charge >= 0.3 is 0 Å². The number of hydrogen-bond donors (Lipinski definition) is 0. The Hall–Kier alpha value is -2.34. The minimum atomic E-state index is 0.901. The molecule has 0 aliphatic heterocycles. The molecule has 1 heterocycles. The van der Waals surface area contributed by atoms with E-state index in [-0.39, 0.29) is 0 Å². The van der Waals surface area contributed by atoms with E-state index in [2.05, 4.69) is 4.98 Å². The molecular weight excluding hydrogens is 186 g/mol. The Labute approximate surface area is 87.9 Å². The molecule has 15 heavy (non-hydrogen) atoms. The molecule has 0 aliphatic rings. The number of hydrogen-bond acceptors (Lipinski definition) is 2. The van der Waals surface area contributed by atoms with Crippen LogP contribution < -0.4 is 0 Å². The smallest absolute Gasteiger partial charge is 0.0994 e. The molecule has 3 nitrogen and oxygen atoms in total. The second kappa shape index (κ2) is 4.25. The molecule has 0 spiro atoms. The third-order valence-electron chi connectivity index (χ3n) is 1.99. The van der Waals surface area contributed by atoms with Gasteiger partial charge in [-0.05, 0) is 0 Å². The van der Waals surface area contributed by atoms with Gasteiger partial charge in [0.1, 0.15) is 0 Å². The molecule has 2 rings (SSSR count). The van der Waals surface area contributed by atoms with E-state index in [4.69, 9.17) is 5.26 Å². The quantitative estimate of drug-likeness (QED) is 0.691. The van der Waals surface area contributed by atoms with Crippen molar-refractivity contribution in [2.75, 3.05) is 0 Å². The molecule has 72 valence electrons. The summed E-state index contributed by atoms with van der Waals surface area (Å²) in [6.07, 6.45) is 6.63. The van der Waals surface area contributed by atoms with Gasteiger partial charge in [-0.3, -0.25) is 0 Å². The van der Waals surface area contributed by atoms with Gasteiger partial charge in [0.05, 0.1) is 18.1 Å². The van der Waals surface area contributed by atoms with Crippen molar-refractivity contribution in [2.24, 2.45) is 0 Å². The molecule has 1 aromatic heterocycles. The number of aromatic nitrogens is 2. The SMILES string of the molecule is N#C/C=C/n1cnc(-c2ccccc2)c1. The van der Waals surface area contributed by atoms with Gasteiger partial charge in [0.25, 0.3) is 0 Å². The van der Waals surface area contributed by atoms with Crippen LogP contribution in [0.25, 0.3) is 17.5 Å². The average molecular weight is 195 g/mol. The summed E-state index contributed by atoms with van der Waals surface area (Å²) in [5, 5.41) is 8.38. The maximum absolute atomic E-state index is 8.38. The molecule has 1 aromatic carbocycles. The fraction of sp³-hybridized carbons (Fsp3) is 0. The van der Waals surface area contributed by atoms with Gasteiger partial charge in [-0.15, -0.1) is 0 Å². The largest absolute Gasteiger partial charge is 0.312 e. The number of rotatable bonds is 2. The highest BCUT2D eigenvalue weighted by atomic mass is 15.0. The molecular formula is C12H9N3. The maximum atomic E-state index is 8.38. The van der Waals surface area contributed by atoms with E-state index in [1.54, 1.807) is 17.1 Å². The Morgan fingerprint density at radius 1 is 1.27 bits per heavy atom. The van der Waals surface area contributed by atoms with Gasteiger partial charge in [-0.25, -0.2) is 4.98 Å². The summed E-state index contributed by atoms with van der Waals surface area (Å²) in [4.78, 5) is 4.24. The highest BCUT2D eigenvalue weighted by Crippen LogP contribution is 2.15. The molecule has 2 aromatic rings. The predicted molar refractivity (Wildman–Crippen MR) is 58.6 cm³/mol. The number of nitriles is 1. The molecule has 0 amide bonds. The zero-order valence-corrected chi connectivity index (χ0v) is 8.04. The van der Waals surface area contributed by atoms with Gasteiger partial charge < -0.3 is 4.57 Å². The first-order valence-corrected chi connectivity index (χ1v) is 4.55. The van der Waals surface area contributed by atoms with E-state index in [0.29, 0.717) is 0 Å². The average Bonchev–Trinajstić information content (AvgIpc) is 2.76. The Morgan fingerprint density at radius 2 is 2.07 bits per heavy atom. The van der Waals surface area contributed by atoms with E-state index < -0.39 is 0 Å². The fourth-order valence-electron chi connectivity index (χ4n) is 1.30. The van der Waals surface area contributed by atoms with Gasteiger partial charge in [-0.1, -0.05) is 30.3 Å². The van der Waals surface area contributed by atoms with Gasteiger partial charge in [0, 0.05) is 24.0 Å². The van der Waals surface area contributed by atoms with Crippen LogP contribution in [0.1, 0.15) is 0 Å². The first-order chi connectivity index (χ1) is 7.40. The summed E-state index contributed by atoms with van der Waals surface area (Å²) in [5.41, 5.74) is 1.97. The number of allylic oxidation sites excluding steroid dienone is 1. The van der Waals surface area contributed by atoms with Gasteiger partial charge in [0.2, 0.25) is 0 Å². The topological polar surface area (TPSA) is 41.6 Å². The molecule has 3 heteroatoms. The summed E-state index contributed by atoms with van der Waals surface area (Å²) < 4.78 is 1.76. The van der Waals surface area contributed by atoms with Crippen LogP contribution in [0.4, 0.5) is 0 Å². The van der Waals surface area contributed by atoms with Crippen molar-refractivity contribution in [2.45, 2.75) is 0 Å². The lowest BCUT2D eigenvalue weighted by atomic mass is 10.2. The van der Waals surface area contributed by atoms with E-state index in [1.807, 2.05) is 42.6 Å². The second-order valence-electron chi connectivity index (χ2n) is 3.02. The second-order valence-corrected chi connectivity index (χ2v) is 3.02. The van der Waals surface area contributed by atoms with Crippen LogP contribution in [-0.4, -0.2) is 9.55 Å². The highest BCUT2D eigenvalue weighted by molar-refractivity contribution is 5.58. The Balaban J connectivity index is 2.29. The summed E-state index contributed by atoms with van der Waals surface area (Å²) in [7, 11) is 0. The summed E-state index contributed by atoms with van der Waals surface area (Å²) in [6, 6.07) is 11.8. The minimum absolute atomic E-state index is 0.901.